The molecular formula is C45H50N4O3. The highest BCUT2D eigenvalue weighted by Gasteiger charge is 2.29. The van der Waals surface area contributed by atoms with Gasteiger partial charge in [-0.25, -0.2) is 9.59 Å². The fourth-order valence-corrected chi connectivity index (χ4v) is 6.73. The second-order valence-corrected chi connectivity index (χ2v) is 14.8. The van der Waals surface area contributed by atoms with Gasteiger partial charge in [0.25, 0.3) is 0 Å². The number of hydrogen-bond acceptors (Lipinski definition) is 4. The van der Waals surface area contributed by atoms with Crippen LogP contribution in [-0.2, 0) is 30.8 Å². The van der Waals surface area contributed by atoms with Crippen LogP contribution >= 0.6 is 0 Å². The lowest BCUT2D eigenvalue weighted by atomic mass is 9.94. The van der Waals surface area contributed by atoms with Crippen molar-refractivity contribution < 1.29 is 14.3 Å². The number of anilines is 1. The summed E-state index contributed by atoms with van der Waals surface area (Å²) in [6.07, 6.45) is 9.71. The van der Waals surface area contributed by atoms with Gasteiger partial charge in [-0.05, 0) is 97.2 Å². The predicted octanol–water partition coefficient (Wildman–Crippen LogP) is 10.6. The topological polar surface area (TPSA) is 74.8 Å². The van der Waals surface area contributed by atoms with Crippen LogP contribution in [0.25, 0.3) is 11.1 Å². The van der Waals surface area contributed by atoms with Crippen molar-refractivity contribution in [3.05, 3.63) is 155 Å². The van der Waals surface area contributed by atoms with Gasteiger partial charge in [0.2, 0.25) is 0 Å². The first-order valence-electron chi connectivity index (χ1n) is 18.4. The van der Waals surface area contributed by atoms with Crippen LogP contribution in [0.2, 0.25) is 0 Å². The van der Waals surface area contributed by atoms with Crippen molar-refractivity contribution in [2.24, 2.45) is 0 Å². The van der Waals surface area contributed by atoms with Crippen LogP contribution in [0.5, 0.6) is 0 Å². The first-order chi connectivity index (χ1) is 25.2. The molecule has 0 saturated heterocycles. The van der Waals surface area contributed by atoms with E-state index in [2.05, 4.69) is 83.1 Å². The van der Waals surface area contributed by atoms with E-state index in [0.717, 1.165) is 65.6 Å². The average molecular weight is 695 g/mol. The Morgan fingerprint density at radius 3 is 1.83 bits per heavy atom. The smallest absolute Gasteiger partial charge is 0.410 e. The zero-order chi connectivity index (χ0) is 36.3. The molecule has 1 fully saturated rings. The first kappa shape index (κ1) is 36.4. The van der Waals surface area contributed by atoms with Gasteiger partial charge in [-0.2, -0.15) is 0 Å². The minimum Gasteiger partial charge on any atom is -0.444 e. The molecular weight excluding hydrogens is 645 g/mol. The van der Waals surface area contributed by atoms with Crippen LogP contribution in [0.3, 0.4) is 0 Å². The van der Waals surface area contributed by atoms with Gasteiger partial charge in [-0.15, -0.1) is 0 Å². The lowest BCUT2D eigenvalue weighted by Crippen LogP contribution is -2.43. The van der Waals surface area contributed by atoms with Crippen LogP contribution in [0.4, 0.5) is 15.3 Å². The minimum absolute atomic E-state index is 0.173. The highest BCUT2D eigenvalue weighted by Crippen LogP contribution is 2.28. The molecule has 52 heavy (non-hydrogen) atoms. The van der Waals surface area contributed by atoms with Gasteiger partial charge in [0, 0.05) is 43.8 Å². The molecule has 1 aliphatic rings. The van der Waals surface area contributed by atoms with Gasteiger partial charge < -0.3 is 19.9 Å². The zero-order valence-corrected chi connectivity index (χ0v) is 30.6. The van der Waals surface area contributed by atoms with E-state index in [0.29, 0.717) is 19.6 Å². The van der Waals surface area contributed by atoms with Crippen LogP contribution < -0.4 is 5.32 Å². The Morgan fingerprint density at radius 1 is 0.673 bits per heavy atom. The summed E-state index contributed by atoms with van der Waals surface area (Å²) in [7, 11) is 0. The Labute approximate surface area is 308 Å². The molecule has 6 rings (SSSR count). The summed E-state index contributed by atoms with van der Waals surface area (Å²) in [5.74, 6) is 0. The maximum absolute atomic E-state index is 13.7. The van der Waals surface area contributed by atoms with Crippen molar-refractivity contribution in [1.29, 1.82) is 0 Å². The molecule has 0 atom stereocenters. The monoisotopic (exact) mass is 694 g/mol. The molecule has 0 bridgehead atoms. The third-order valence-electron chi connectivity index (χ3n) is 9.45. The van der Waals surface area contributed by atoms with E-state index in [1.807, 2.05) is 68.1 Å². The van der Waals surface area contributed by atoms with Crippen molar-refractivity contribution in [3.63, 3.8) is 0 Å². The number of aromatic nitrogens is 1. The number of urea groups is 1. The van der Waals surface area contributed by atoms with E-state index in [4.69, 9.17) is 4.74 Å². The summed E-state index contributed by atoms with van der Waals surface area (Å²) in [4.78, 5) is 34.9. The number of ether oxygens (including phenoxy) is 1. The summed E-state index contributed by atoms with van der Waals surface area (Å²) in [6, 6.07) is 39.1. The summed E-state index contributed by atoms with van der Waals surface area (Å²) >= 11 is 0. The van der Waals surface area contributed by atoms with Gasteiger partial charge in [0.15, 0.2) is 0 Å². The molecule has 1 aromatic heterocycles. The zero-order valence-electron chi connectivity index (χ0n) is 30.6. The lowest BCUT2D eigenvalue weighted by Gasteiger charge is -2.35. The molecule has 7 nitrogen and oxygen atoms in total. The molecule has 0 radical (unpaired) electrons. The number of hydrogen-bond donors (Lipinski definition) is 1. The summed E-state index contributed by atoms with van der Waals surface area (Å²) in [5.41, 5.74) is 7.91. The molecule has 0 unspecified atom stereocenters. The third kappa shape index (κ3) is 10.5. The summed E-state index contributed by atoms with van der Waals surface area (Å²) in [6.45, 7) is 7.16. The minimum atomic E-state index is -0.533. The van der Waals surface area contributed by atoms with Crippen LogP contribution in [0, 0.1) is 0 Å². The Bertz CT molecular complexity index is 1860. The van der Waals surface area contributed by atoms with E-state index in [9.17, 15) is 9.59 Å². The summed E-state index contributed by atoms with van der Waals surface area (Å²) < 4.78 is 5.81. The maximum Gasteiger partial charge on any atom is 0.410 e. The standard InChI is InChI=1S/C45H50N4O3/c1-45(2,3)52-44(51)49(42-14-8-5-9-15-42)33-37-18-24-40(25-19-37)39-22-16-36(17-23-39)31-48(32-38-13-10-28-46-30-38)43(50)47-41-26-20-35(21-27-41)29-34-11-6-4-7-12-34/h4,6-7,10-13,16-28,30,42H,5,8-9,14-15,29,31-33H2,1-3H3,(H,47,50). The van der Waals surface area contributed by atoms with E-state index in [1.54, 1.807) is 17.3 Å². The second kappa shape index (κ2) is 17.2. The lowest BCUT2D eigenvalue weighted by molar-refractivity contribution is 0.00988. The SMILES string of the molecule is CC(C)(C)OC(=O)N(Cc1ccc(-c2ccc(CN(Cc3cccnc3)C(=O)Nc3ccc(Cc4ccccc4)cc3)cc2)cc1)C1CCCCC1. The average Bonchev–Trinajstić information content (AvgIpc) is 3.15. The number of nitrogens with zero attached hydrogens (tertiary/aromatic N) is 3. The molecule has 268 valence electrons. The largest absolute Gasteiger partial charge is 0.444 e. The van der Waals surface area contributed by atoms with Gasteiger partial charge in [-0.3, -0.25) is 4.98 Å². The number of pyridine rings is 1. The number of carbonyl (C=O) groups is 2. The fraction of sp³-hybridized carbons (Fsp3) is 0.311. The highest BCUT2D eigenvalue weighted by atomic mass is 16.6. The summed E-state index contributed by atoms with van der Waals surface area (Å²) in [5, 5.41) is 3.10. The molecule has 1 saturated carbocycles. The van der Waals surface area contributed by atoms with Gasteiger partial charge in [0.1, 0.15) is 5.60 Å². The first-order valence-corrected chi connectivity index (χ1v) is 18.4. The molecule has 0 aliphatic heterocycles. The quantitative estimate of drug-likeness (QED) is 0.149. The maximum atomic E-state index is 13.7. The molecule has 5 aromatic rings. The Hall–Kier alpha value is -5.43. The molecule has 1 heterocycles. The molecule has 3 amide bonds. The molecule has 1 aliphatic carbocycles. The van der Waals surface area contributed by atoms with Crippen molar-refractivity contribution in [2.75, 3.05) is 5.32 Å². The number of rotatable bonds is 11. The van der Waals surface area contributed by atoms with Gasteiger partial charge in [0.05, 0.1) is 0 Å². The van der Waals surface area contributed by atoms with E-state index < -0.39 is 5.60 Å². The van der Waals surface area contributed by atoms with E-state index in [1.165, 1.54) is 17.5 Å². The van der Waals surface area contributed by atoms with E-state index >= 15 is 0 Å². The van der Waals surface area contributed by atoms with Crippen LogP contribution in [0.15, 0.2) is 128 Å². The molecule has 0 spiro atoms. The van der Waals surface area contributed by atoms with Crippen LogP contribution in [-0.4, -0.2) is 38.6 Å². The molecule has 1 N–H and O–H groups in total. The predicted molar refractivity (Wildman–Crippen MR) is 209 cm³/mol. The Balaban J connectivity index is 1.11. The molecule has 7 heteroatoms. The Morgan fingerprint density at radius 2 is 1.23 bits per heavy atom. The third-order valence-corrected chi connectivity index (χ3v) is 9.45. The number of nitrogens with one attached hydrogen (secondary N) is 1. The fourth-order valence-electron chi connectivity index (χ4n) is 6.73. The van der Waals surface area contributed by atoms with Crippen LogP contribution in [0.1, 0.15) is 80.7 Å². The number of amides is 3. The normalized spacial score (nSPS) is 13.3. The van der Waals surface area contributed by atoms with Gasteiger partial charge in [-0.1, -0.05) is 116 Å². The highest BCUT2D eigenvalue weighted by molar-refractivity contribution is 5.89. The Kier molecular flexibility index (Phi) is 12.0. The van der Waals surface area contributed by atoms with Crippen molar-refractivity contribution in [2.45, 2.75) is 90.6 Å². The molecule has 4 aromatic carbocycles. The number of carbonyl (C=O) groups excluding carboxylic acids is 2. The second-order valence-electron chi connectivity index (χ2n) is 14.8. The van der Waals surface area contributed by atoms with Crippen molar-refractivity contribution in [1.82, 2.24) is 14.8 Å². The van der Waals surface area contributed by atoms with Crippen molar-refractivity contribution >= 4 is 17.8 Å². The van der Waals surface area contributed by atoms with Gasteiger partial charge >= 0.3 is 12.1 Å². The number of benzene rings is 4. The van der Waals surface area contributed by atoms with Crippen molar-refractivity contribution in [3.8, 4) is 11.1 Å². The van der Waals surface area contributed by atoms with E-state index in [-0.39, 0.29) is 18.2 Å².